The maximum absolute atomic E-state index is 13.9. The molecule has 1 aromatic heterocycles. The number of halogens is 1. The predicted molar refractivity (Wildman–Crippen MR) is 118 cm³/mol. The lowest BCUT2D eigenvalue weighted by molar-refractivity contribution is 0.0752. The molecule has 31 heavy (non-hydrogen) atoms. The third kappa shape index (κ3) is 4.80. The van der Waals surface area contributed by atoms with Crippen molar-refractivity contribution in [2.75, 3.05) is 20.1 Å². The van der Waals surface area contributed by atoms with E-state index in [1.807, 2.05) is 32.9 Å². The number of amides is 1. The van der Waals surface area contributed by atoms with E-state index < -0.39 is 15.8 Å². The molecule has 6 nitrogen and oxygen atoms in total. The summed E-state index contributed by atoms with van der Waals surface area (Å²) < 4.78 is 41.2. The average Bonchev–Trinajstić information content (AvgIpc) is 2.74. The van der Waals surface area contributed by atoms with Gasteiger partial charge in [0.05, 0.1) is 16.2 Å². The van der Waals surface area contributed by atoms with Gasteiger partial charge in [-0.3, -0.25) is 9.78 Å². The fourth-order valence-electron chi connectivity index (χ4n) is 3.75. The lowest BCUT2D eigenvalue weighted by atomic mass is 9.90. The highest BCUT2D eigenvalue weighted by molar-refractivity contribution is 7.89. The van der Waals surface area contributed by atoms with E-state index in [4.69, 9.17) is 0 Å². The Balaban J connectivity index is 1.82. The Morgan fingerprint density at radius 1 is 1.16 bits per heavy atom. The van der Waals surface area contributed by atoms with E-state index in [-0.39, 0.29) is 22.8 Å². The van der Waals surface area contributed by atoms with Crippen LogP contribution in [-0.4, -0.2) is 54.7 Å². The van der Waals surface area contributed by atoms with Crippen LogP contribution in [0.4, 0.5) is 4.39 Å². The SMILES string of the molecule is Cc1ccc(C(=O)N(C)C(C)C)c(C2CCN(S(=O)(=O)c3ccc(C)c(F)c3)CC2)n1. The van der Waals surface area contributed by atoms with Gasteiger partial charge in [0.1, 0.15) is 5.82 Å². The Kier molecular flexibility index (Phi) is 6.81. The molecule has 1 aliphatic rings. The van der Waals surface area contributed by atoms with Crippen LogP contribution in [0.25, 0.3) is 0 Å². The van der Waals surface area contributed by atoms with Gasteiger partial charge in [-0.25, -0.2) is 12.8 Å². The Morgan fingerprint density at radius 2 is 1.81 bits per heavy atom. The van der Waals surface area contributed by atoms with Crippen LogP contribution in [0.15, 0.2) is 35.2 Å². The zero-order valence-corrected chi connectivity index (χ0v) is 19.5. The number of aromatic nitrogens is 1. The zero-order chi connectivity index (χ0) is 22.9. The highest BCUT2D eigenvalue weighted by atomic mass is 32.2. The molecule has 0 N–H and O–H groups in total. The fraction of sp³-hybridized carbons (Fsp3) is 0.478. The van der Waals surface area contributed by atoms with Crippen LogP contribution in [0.2, 0.25) is 0 Å². The quantitative estimate of drug-likeness (QED) is 0.697. The van der Waals surface area contributed by atoms with Gasteiger partial charge in [-0.05, 0) is 70.4 Å². The van der Waals surface area contributed by atoms with Gasteiger partial charge in [0.15, 0.2) is 0 Å². The molecule has 2 heterocycles. The van der Waals surface area contributed by atoms with Crippen molar-refractivity contribution in [2.24, 2.45) is 0 Å². The van der Waals surface area contributed by atoms with Crippen LogP contribution in [0.3, 0.4) is 0 Å². The molecule has 168 valence electrons. The minimum absolute atomic E-state index is 0.0133. The molecule has 0 unspecified atom stereocenters. The van der Waals surface area contributed by atoms with Gasteiger partial charge in [0.25, 0.3) is 5.91 Å². The topological polar surface area (TPSA) is 70.6 Å². The lowest BCUT2D eigenvalue weighted by Gasteiger charge is -2.32. The zero-order valence-electron chi connectivity index (χ0n) is 18.7. The van der Waals surface area contributed by atoms with Gasteiger partial charge in [-0.1, -0.05) is 6.07 Å². The van der Waals surface area contributed by atoms with Gasteiger partial charge in [0, 0.05) is 37.8 Å². The maximum atomic E-state index is 13.9. The number of aryl methyl sites for hydroxylation is 2. The molecule has 0 atom stereocenters. The smallest absolute Gasteiger partial charge is 0.255 e. The van der Waals surface area contributed by atoms with Crippen LogP contribution in [0, 0.1) is 19.7 Å². The fourth-order valence-corrected chi connectivity index (χ4v) is 5.23. The summed E-state index contributed by atoms with van der Waals surface area (Å²) in [5.41, 5.74) is 2.54. The van der Waals surface area contributed by atoms with Gasteiger partial charge in [-0.2, -0.15) is 4.31 Å². The maximum Gasteiger partial charge on any atom is 0.255 e. The van der Waals surface area contributed by atoms with Crippen molar-refractivity contribution < 1.29 is 17.6 Å². The first-order chi connectivity index (χ1) is 14.5. The molecule has 0 bridgehead atoms. The van der Waals surface area contributed by atoms with Gasteiger partial charge >= 0.3 is 0 Å². The minimum Gasteiger partial charge on any atom is -0.339 e. The second-order valence-corrected chi connectivity index (χ2v) is 10.4. The van der Waals surface area contributed by atoms with Crippen LogP contribution in [-0.2, 0) is 10.0 Å². The van der Waals surface area contributed by atoms with Gasteiger partial charge in [0.2, 0.25) is 10.0 Å². The van der Waals surface area contributed by atoms with Gasteiger partial charge in [-0.15, -0.1) is 0 Å². The molecule has 0 radical (unpaired) electrons. The molecule has 1 fully saturated rings. The number of benzene rings is 1. The Labute approximate surface area is 184 Å². The number of sulfonamides is 1. The molecule has 1 aromatic carbocycles. The van der Waals surface area contributed by atoms with E-state index in [0.29, 0.717) is 37.1 Å². The molecule has 0 saturated carbocycles. The van der Waals surface area contributed by atoms with Crippen LogP contribution in [0.5, 0.6) is 0 Å². The summed E-state index contributed by atoms with van der Waals surface area (Å²) in [6.07, 6.45) is 1.10. The van der Waals surface area contributed by atoms with Crippen molar-refractivity contribution in [1.29, 1.82) is 0 Å². The predicted octanol–water partition coefficient (Wildman–Crippen LogP) is 3.89. The first-order valence-corrected chi connectivity index (χ1v) is 12.0. The Morgan fingerprint density at radius 3 is 2.39 bits per heavy atom. The highest BCUT2D eigenvalue weighted by Crippen LogP contribution is 2.32. The van der Waals surface area contributed by atoms with Crippen molar-refractivity contribution in [1.82, 2.24) is 14.2 Å². The summed E-state index contributed by atoms with van der Waals surface area (Å²) in [5, 5.41) is 0. The third-order valence-corrected chi connectivity index (χ3v) is 7.91. The van der Waals surface area contributed by atoms with Crippen LogP contribution < -0.4 is 0 Å². The van der Waals surface area contributed by atoms with E-state index in [9.17, 15) is 17.6 Å². The molecule has 1 amide bonds. The normalized spacial score (nSPS) is 16.0. The van der Waals surface area contributed by atoms with Crippen molar-refractivity contribution >= 4 is 15.9 Å². The standard InChI is InChI=1S/C23H30FN3O3S/c1-15(2)26(5)23(28)20-9-7-17(4)25-22(20)18-10-12-27(13-11-18)31(29,30)19-8-6-16(3)21(24)14-19/h6-9,14-15,18H,10-13H2,1-5H3. The third-order valence-electron chi connectivity index (χ3n) is 6.01. The lowest BCUT2D eigenvalue weighted by Crippen LogP contribution is -2.39. The average molecular weight is 448 g/mol. The minimum atomic E-state index is -3.77. The molecule has 3 rings (SSSR count). The number of nitrogens with zero attached hydrogens (tertiary/aromatic N) is 3. The molecular formula is C23H30FN3O3S. The number of carbonyl (C=O) groups excluding carboxylic acids is 1. The second-order valence-electron chi connectivity index (χ2n) is 8.48. The van der Waals surface area contributed by atoms with Crippen LogP contribution in [0.1, 0.15) is 59.9 Å². The summed E-state index contributed by atoms with van der Waals surface area (Å²) >= 11 is 0. The monoisotopic (exact) mass is 447 g/mol. The molecule has 2 aromatic rings. The summed E-state index contributed by atoms with van der Waals surface area (Å²) in [5.74, 6) is -0.624. The molecule has 1 aliphatic heterocycles. The molecule has 8 heteroatoms. The number of carbonyl (C=O) groups is 1. The van der Waals surface area contributed by atoms with Gasteiger partial charge < -0.3 is 4.90 Å². The highest BCUT2D eigenvalue weighted by Gasteiger charge is 2.33. The number of pyridine rings is 1. The largest absolute Gasteiger partial charge is 0.339 e. The first-order valence-electron chi connectivity index (χ1n) is 10.5. The van der Waals surface area contributed by atoms with Crippen LogP contribution >= 0.6 is 0 Å². The molecular weight excluding hydrogens is 417 g/mol. The van der Waals surface area contributed by atoms with E-state index in [0.717, 1.165) is 17.5 Å². The number of hydrogen-bond acceptors (Lipinski definition) is 4. The number of piperidine rings is 1. The van der Waals surface area contributed by atoms with E-state index in [2.05, 4.69) is 4.98 Å². The second kappa shape index (κ2) is 9.04. The number of hydrogen-bond donors (Lipinski definition) is 0. The van der Waals surface area contributed by atoms with Crippen molar-refractivity contribution in [3.05, 3.63) is 58.7 Å². The summed E-state index contributed by atoms with van der Waals surface area (Å²) in [6, 6.07) is 7.71. The van der Waals surface area contributed by atoms with Crippen molar-refractivity contribution in [3.8, 4) is 0 Å². The Hall–Kier alpha value is -2.32. The Bertz CT molecular complexity index is 1080. The molecule has 0 aliphatic carbocycles. The number of rotatable bonds is 5. The summed E-state index contributed by atoms with van der Waals surface area (Å²) in [6.45, 7) is 7.99. The van der Waals surface area contributed by atoms with E-state index >= 15 is 0 Å². The first kappa shape index (κ1) is 23.3. The molecule has 0 spiro atoms. The summed E-state index contributed by atoms with van der Waals surface area (Å²) in [4.78, 5) is 19.3. The van der Waals surface area contributed by atoms with E-state index in [1.54, 1.807) is 18.9 Å². The van der Waals surface area contributed by atoms with Crippen molar-refractivity contribution in [3.63, 3.8) is 0 Å². The van der Waals surface area contributed by atoms with E-state index in [1.165, 1.54) is 16.4 Å². The molecule has 1 saturated heterocycles. The van der Waals surface area contributed by atoms with Crippen molar-refractivity contribution in [2.45, 2.75) is 57.4 Å². The summed E-state index contributed by atoms with van der Waals surface area (Å²) in [7, 11) is -2.00.